The fraction of sp³-hybridized carbons (Fsp3) is 0.235. The summed E-state index contributed by atoms with van der Waals surface area (Å²) in [5.41, 5.74) is 0.855. The van der Waals surface area contributed by atoms with Crippen LogP contribution in [0, 0.1) is 0 Å². The summed E-state index contributed by atoms with van der Waals surface area (Å²) in [6.07, 6.45) is 5.07. The number of aromatic nitrogens is 2. The van der Waals surface area contributed by atoms with E-state index in [1.807, 2.05) is 26.0 Å². The minimum absolute atomic E-state index is 0.216. The van der Waals surface area contributed by atoms with Gasteiger partial charge in [-0.1, -0.05) is 0 Å². The van der Waals surface area contributed by atoms with E-state index in [9.17, 15) is 9.59 Å². The summed E-state index contributed by atoms with van der Waals surface area (Å²) in [7, 11) is 0. The highest BCUT2D eigenvalue weighted by Crippen LogP contribution is 2.35. The Labute approximate surface area is 147 Å². The predicted molar refractivity (Wildman–Crippen MR) is 95.0 cm³/mol. The van der Waals surface area contributed by atoms with Gasteiger partial charge >= 0.3 is 0 Å². The zero-order chi connectivity index (χ0) is 17.5. The van der Waals surface area contributed by atoms with Gasteiger partial charge in [-0.15, -0.1) is 0 Å². The summed E-state index contributed by atoms with van der Waals surface area (Å²) in [5, 5.41) is 2.69. The van der Waals surface area contributed by atoms with E-state index in [2.05, 4.69) is 26.2 Å². The van der Waals surface area contributed by atoms with Crippen LogP contribution in [0.4, 0.5) is 5.69 Å². The Bertz CT molecular complexity index is 916. The first kappa shape index (κ1) is 16.4. The summed E-state index contributed by atoms with van der Waals surface area (Å²) in [4.78, 5) is 28.3. The van der Waals surface area contributed by atoms with Gasteiger partial charge in [-0.2, -0.15) is 0 Å². The van der Waals surface area contributed by atoms with E-state index in [4.69, 9.17) is 4.74 Å². The SMILES string of the molecule is CC(=O)Nc1cc(Br)c(=O)n(C2=CC(C)(C)Oc3cccnc32)c1. The van der Waals surface area contributed by atoms with Crippen molar-refractivity contribution in [1.82, 2.24) is 9.55 Å². The van der Waals surface area contributed by atoms with Gasteiger partial charge in [0.05, 0.1) is 15.9 Å². The van der Waals surface area contributed by atoms with Crippen LogP contribution in [0.5, 0.6) is 5.75 Å². The molecule has 1 N–H and O–H groups in total. The van der Waals surface area contributed by atoms with Crippen molar-refractivity contribution in [3.05, 3.63) is 57.2 Å². The second-order valence-electron chi connectivity index (χ2n) is 6.02. The first-order valence-electron chi connectivity index (χ1n) is 7.34. The number of carbonyl (C=O) groups is 1. The molecule has 0 fully saturated rings. The number of ether oxygens (including phenoxy) is 1. The van der Waals surface area contributed by atoms with Crippen LogP contribution < -0.4 is 15.6 Å². The normalized spacial score (nSPS) is 15.1. The molecule has 0 spiro atoms. The lowest BCUT2D eigenvalue weighted by Crippen LogP contribution is -2.33. The highest BCUT2D eigenvalue weighted by molar-refractivity contribution is 9.10. The molecule has 1 aliphatic rings. The van der Waals surface area contributed by atoms with Crippen molar-refractivity contribution < 1.29 is 9.53 Å². The van der Waals surface area contributed by atoms with E-state index in [0.29, 0.717) is 27.3 Å². The second kappa shape index (κ2) is 5.90. The van der Waals surface area contributed by atoms with Crippen LogP contribution in [0.25, 0.3) is 5.70 Å². The lowest BCUT2D eigenvalue weighted by Gasteiger charge is -2.30. The van der Waals surface area contributed by atoms with Gasteiger partial charge in [-0.25, -0.2) is 0 Å². The molecule has 1 amide bonds. The molecule has 0 unspecified atom stereocenters. The summed E-state index contributed by atoms with van der Waals surface area (Å²) in [6, 6.07) is 5.17. The van der Waals surface area contributed by atoms with Crippen molar-refractivity contribution in [2.75, 3.05) is 5.32 Å². The van der Waals surface area contributed by atoms with E-state index in [1.165, 1.54) is 11.5 Å². The number of amides is 1. The summed E-state index contributed by atoms with van der Waals surface area (Å²) in [5.74, 6) is 0.389. The molecule has 0 saturated carbocycles. The number of hydrogen-bond donors (Lipinski definition) is 1. The van der Waals surface area contributed by atoms with E-state index < -0.39 is 5.60 Å². The predicted octanol–water partition coefficient (Wildman–Crippen LogP) is 3.02. The molecular weight excluding hydrogens is 374 g/mol. The van der Waals surface area contributed by atoms with Gasteiger partial charge in [0.1, 0.15) is 17.0 Å². The van der Waals surface area contributed by atoms with E-state index in [0.717, 1.165) is 0 Å². The van der Waals surface area contributed by atoms with Gasteiger partial charge in [-0.3, -0.25) is 19.1 Å². The molecule has 7 heteroatoms. The molecule has 0 radical (unpaired) electrons. The third kappa shape index (κ3) is 3.12. The van der Waals surface area contributed by atoms with Crippen LogP contribution in [0.15, 0.2) is 45.9 Å². The van der Waals surface area contributed by atoms with Crippen molar-refractivity contribution in [2.45, 2.75) is 26.4 Å². The van der Waals surface area contributed by atoms with Gasteiger partial charge in [-0.05, 0) is 54.1 Å². The Morgan fingerprint density at radius 2 is 2.17 bits per heavy atom. The highest BCUT2D eigenvalue weighted by Gasteiger charge is 2.29. The Morgan fingerprint density at radius 3 is 2.88 bits per heavy atom. The standard InChI is InChI=1S/C17H16BrN3O3/c1-10(22)20-11-7-12(18)16(23)21(9-11)13-8-17(2,3)24-14-5-4-6-19-15(13)14/h4-9H,1-3H3,(H,20,22). The fourth-order valence-electron chi connectivity index (χ4n) is 2.56. The molecule has 1 aliphatic heterocycles. The van der Waals surface area contributed by atoms with Crippen LogP contribution >= 0.6 is 15.9 Å². The van der Waals surface area contributed by atoms with Crippen molar-refractivity contribution in [3.63, 3.8) is 0 Å². The number of fused-ring (bicyclic) bond motifs is 1. The monoisotopic (exact) mass is 389 g/mol. The van der Waals surface area contributed by atoms with E-state index in [-0.39, 0.29) is 11.5 Å². The Kier molecular flexibility index (Phi) is 4.04. The summed E-state index contributed by atoms with van der Waals surface area (Å²) >= 11 is 3.26. The van der Waals surface area contributed by atoms with E-state index in [1.54, 1.807) is 24.5 Å². The number of carbonyl (C=O) groups excluding carboxylic acids is 1. The third-order valence-corrected chi connectivity index (χ3v) is 3.99. The Balaban J connectivity index is 2.24. The second-order valence-corrected chi connectivity index (χ2v) is 6.87. The van der Waals surface area contributed by atoms with Crippen LogP contribution in [0.3, 0.4) is 0 Å². The number of anilines is 1. The molecule has 0 atom stereocenters. The highest BCUT2D eigenvalue weighted by atomic mass is 79.9. The van der Waals surface area contributed by atoms with Crippen molar-refractivity contribution in [3.8, 4) is 5.75 Å². The maximum Gasteiger partial charge on any atom is 0.269 e. The van der Waals surface area contributed by atoms with Crippen LogP contribution in [0.1, 0.15) is 26.5 Å². The number of pyridine rings is 2. The van der Waals surface area contributed by atoms with Crippen molar-refractivity contribution in [1.29, 1.82) is 0 Å². The van der Waals surface area contributed by atoms with E-state index >= 15 is 0 Å². The number of rotatable bonds is 2. The van der Waals surface area contributed by atoms with Crippen LogP contribution in [0.2, 0.25) is 0 Å². The van der Waals surface area contributed by atoms with Crippen LogP contribution in [-0.2, 0) is 4.79 Å². The lowest BCUT2D eigenvalue weighted by atomic mass is 10.0. The van der Waals surface area contributed by atoms with Gasteiger partial charge in [0, 0.05) is 19.3 Å². The third-order valence-electron chi connectivity index (χ3n) is 3.42. The minimum Gasteiger partial charge on any atom is -0.481 e. The molecule has 0 bridgehead atoms. The molecule has 3 rings (SSSR count). The Hall–Kier alpha value is -2.41. The molecule has 0 saturated heterocycles. The fourth-order valence-corrected chi connectivity index (χ4v) is 3.00. The first-order chi connectivity index (χ1) is 11.3. The van der Waals surface area contributed by atoms with Crippen molar-refractivity contribution >= 4 is 33.2 Å². The molecule has 3 heterocycles. The first-order valence-corrected chi connectivity index (χ1v) is 8.13. The smallest absolute Gasteiger partial charge is 0.269 e. The summed E-state index contributed by atoms with van der Waals surface area (Å²) < 4.78 is 7.71. The average molecular weight is 390 g/mol. The zero-order valence-corrected chi connectivity index (χ0v) is 15.0. The maximum atomic E-state index is 12.6. The number of nitrogens with one attached hydrogen (secondary N) is 1. The minimum atomic E-state index is -0.596. The molecule has 6 nitrogen and oxygen atoms in total. The molecule has 124 valence electrons. The van der Waals surface area contributed by atoms with Gasteiger partial charge in [0.2, 0.25) is 5.91 Å². The number of halogens is 1. The number of nitrogens with zero attached hydrogens (tertiary/aromatic N) is 2. The van der Waals surface area contributed by atoms with Crippen LogP contribution in [-0.4, -0.2) is 21.1 Å². The van der Waals surface area contributed by atoms with Crippen molar-refractivity contribution in [2.24, 2.45) is 0 Å². The Morgan fingerprint density at radius 1 is 1.42 bits per heavy atom. The lowest BCUT2D eigenvalue weighted by molar-refractivity contribution is -0.114. The molecular formula is C17H16BrN3O3. The zero-order valence-electron chi connectivity index (χ0n) is 13.5. The molecule has 24 heavy (non-hydrogen) atoms. The molecule has 2 aromatic rings. The molecule has 2 aromatic heterocycles. The van der Waals surface area contributed by atoms with Gasteiger partial charge in [0.25, 0.3) is 5.56 Å². The maximum absolute atomic E-state index is 12.6. The quantitative estimate of drug-likeness (QED) is 0.856. The average Bonchev–Trinajstić information content (AvgIpc) is 2.48. The van der Waals surface area contributed by atoms with Gasteiger partial charge < -0.3 is 10.1 Å². The molecule has 0 aromatic carbocycles. The largest absolute Gasteiger partial charge is 0.481 e. The number of hydrogen-bond acceptors (Lipinski definition) is 4. The topological polar surface area (TPSA) is 73.2 Å². The summed E-state index contributed by atoms with van der Waals surface area (Å²) in [6.45, 7) is 5.22. The molecule has 0 aliphatic carbocycles. The van der Waals surface area contributed by atoms with Gasteiger partial charge in [0.15, 0.2) is 0 Å².